The molecule has 5 nitrogen and oxygen atoms in total. The molecule has 3 aromatic rings. The number of thiazole rings is 1. The predicted molar refractivity (Wildman–Crippen MR) is 107 cm³/mol. The average Bonchev–Trinajstić information content (AvgIpc) is 3.31. The fraction of sp³-hybridized carbons (Fsp3) is 0.389. The molecule has 2 aromatic heterocycles. The van der Waals surface area contributed by atoms with Crippen molar-refractivity contribution in [1.29, 1.82) is 0 Å². The zero-order valence-electron chi connectivity index (χ0n) is 14.4. The number of hydrogen-bond donors (Lipinski definition) is 1. The van der Waals surface area contributed by atoms with E-state index in [1.807, 2.05) is 6.26 Å². The first-order valence-corrected chi connectivity index (χ1v) is 10.6. The lowest BCUT2D eigenvalue weighted by molar-refractivity contribution is 0.871. The highest BCUT2D eigenvalue weighted by Crippen LogP contribution is 2.33. The number of nitrogens with one attached hydrogen (secondary N) is 1. The molecule has 7 heteroatoms. The van der Waals surface area contributed by atoms with Gasteiger partial charge in [-0.2, -0.15) is 0 Å². The maximum Gasteiger partial charge on any atom is 0.176 e. The van der Waals surface area contributed by atoms with Gasteiger partial charge in [0.25, 0.3) is 0 Å². The van der Waals surface area contributed by atoms with Gasteiger partial charge in [0.2, 0.25) is 0 Å². The maximum atomic E-state index is 4.52. The van der Waals surface area contributed by atoms with Gasteiger partial charge >= 0.3 is 0 Å². The van der Waals surface area contributed by atoms with Crippen molar-refractivity contribution in [3.63, 3.8) is 0 Å². The molecule has 1 aliphatic rings. The molecule has 1 N–H and O–H groups in total. The average molecular weight is 372 g/mol. The highest BCUT2D eigenvalue weighted by atomic mass is 32.2. The zero-order chi connectivity index (χ0) is 17.2. The van der Waals surface area contributed by atoms with E-state index in [4.69, 9.17) is 0 Å². The van der Waals surface area contributed by atoms with E-state index >= 15 is 0 Å². The first kappa shape index (κ1) is 16.6. The molecular weight excluding hydrogens is 350 g/mol. The van der Waals surface area contributed by atoms with Gasteiger partial charge in [-0.05, 0) is 43.7 Å². The summed E-state index contributed by atoms with van der Waals surface area (Å²) in [6, 6.07) is 8.99. The van der Waals surface area contributed by atoms with Crippen LogP contribution in [0.5, 0.6) is 0 Å². The second kappa shape index (κ2) is 7.17. The van der Waals surface area contributed by atoms with Crippen LogP contribution in [0.3, 0.4) is 0 Å². The Bertz CT molecular complexity index is 873. The number of hydrogen-bond acceptors (Lipinski definition) is 7. The SMILES string of the molecule is CSc1nc2ncnc(NC(C)c3cccc(N4CCCC4)c3)c2s1. The molecule has 4 rings (SSSR count). The van der Waals surface area contributed by atoms with Crippen LogP contribution in [0.25, 0.3) is 10.3 Å². The minimum absolute atomic E-state index is 0.167. The van der Waals surface area contributed by atoms with Gasteiger partial charge in [-0.15, -0.1) is 11.3 Å². The number of benzene rings is 1. The smallest absolute Gasteiger partial charge is 0.176 e. The molecule has 0 spiro atoms. The normalized spacial score (nSPS) is 15.7. The molecule has 0 saturated carbocycles. The van der Waals surface area contributed by atoms with Crippen LogP contribution in [-0.2, 0) is 0 Å². The number of fused-ring (bicyclic) bond motifs is 1. The third kappa shape index (κ3) is 3.43. The van der Waals surface area contributed by atoms with Crippen molar-refractivity contribution < 1.29 is 0 Å². The summed E-state index contributed by atoms with van der Waals surface area (Å²) in [7, 11) is 0. The summed E-state index contributed by atoms with van der Waals surface area (Å²) < 4.78 is 2.04. The molecule has 1 atom stereocenters. The van der Waals surface area contributed by atoms with Crippen LogP contribution in [0.4, 0.5) is 11.5 Å². The van der Waals surface area contributed by atoms with Crippen molar-refractivity contribution in [1.82, 2.24) is 15.0 Å². The third-order valence-electron chi connectivity index (χ3n) is 4.54. The Labute approximate surface area is 155 Å². The predicted octanol–water partition coefficient (Wildman–Crippen LogP) is 4.58. The fourth-order valence-corrected chi connectivity index (χ4v) is 4.65. The maximum absolute atomic E-state index is 4.52. The van der Waals surface area contributed by atoms with Gasteiger partial charge in [-0.25, -0.2) is 15.0 Å². The number of thioether (sulfide) groups is 1. The summed E-state index contributed by atoms with van der Waals surface area (Å²) in [6.45, 7) is 4.50. The summed E-state index contributed by atoms with van der Waals surface area (Å²) in [4.78, 5) is 15.7. The minimum Gasteiger partial charge on any atom is -0.372 e. The molecule has 0 radical (unpaired) electrons. The quantitative estimate of drug-likeness (QED) is 0.663. The van der Waals surface area contributed by atoms with E-state index < -0.39 is 0 Å². The van der Waals surface area contributed by atoms with Gasteiger partial charge in [0.15, 0.2) is 9.99 Å². The molecule has 1 saturated heterocycles. The zero-order valence-corrected chi connectivity index (χ0v) is 16.0. The molecule has 0 bridgehead atoms. The number of anilines is 2. The van der Waals surface area contributed by atoms with Gasteiger partial charge in [0, 0.05) is 18.8 Å². The topological polar surface area (TPSA) is 53.9 Å². The Kier molecular flexibility index (Phi) is 4.76. The Morgan fingerprint density at radius 2 is 2.08 bits per heavy atom. The molecule has 1 fully saturated rings. The molecule has 1 unspecified atom stereocenters. The first-order chi connectivity index (χ1) is 12.2. The van der Waals surface area contributed by atoms with Crippen LogP contribution in [0.2, 0.25) is 0 Å². The molecule has 130 valence electrons. The van der Waals surface area contributed by atoms with Crippen molar-refractivity contribution in [2.45, 2.75) is 30.1 Å². The van der Waals surface area contributed by atoms with Crippen LogP contribution in [0, 0.1) is 0 Å². The van der Waals surface area contributed by atoms with Crippen LogP contribution in [0.15, 0.2) is 34.9 Å². The van der Waals surface area contributed by atoms with Crippen molar-refractivity contribution in [3.8, 4) is 0 Å². The molecule has 25 heavy (non-hydrogen) atoms. The number of nitrogens with zero attached hydrogens (tertiary/aromatic N) is 4. The fourth-order valence-electron chi connectivity index (χ4n) is 3.18. The minimum atomic E-state index is 0.167. The Morgan fingerprint density at radius 3 is 2.88 bits per heavy atom. The van der Waals surface area contributed by atoms with E-state index in [0.717, 1.165) is 33.6 Å². The second-order valence-electron chi connectivity index (χ2n) is 6.21. The van der Waals surface area contributed by atoms with Gasteiger partial charge in [-0.1, -0.05) is 23.9 Å². The molecular formula is C18H21N5S2. The Hall–Kier alpha value is -1.86. The van der Waals surface area contributed by atoms with Crippen molar-refractivity contribution in [3.05, 3.63) is 36.2 Å². The highest BCUT2D eigenvalue weighted by molar-refractivity contribution is 8.00. The van der Waals surface area contributed by atoms with E-state index in [1.165, 1.54) is 24.1 Å². The van der Waals surface area contributed by atoms with Crippen LogP contribution >= 0.6 is 23.1 Å². The monoisotopic (exact) mass is 371 g/mol. The van der Waals surface area contributed by atoms with Crippen LogP contribution in [-0.4, -0.2) is 34.3 Å². The Morgan fingerprint density at radius 1 is 1.24 bits per heavy atom. The van der Waals surface area contributed by atoms with Gasteiger partial charge in [-0.3, -0.25) is 0 Å². The second-order valence-corrected chi connectivity index (χ2v) is 8.27. The lowest BCUT2D eigenvalue weighted by Crippen LogP contribution is -2.18. The summed E-state index contributed by atoms with van der Waals surface area (Å²) in [6.07, 6.45) is 6.20. The van der Waals surface area contributed by atoms with Crippen LogP contribution in [0.1, 0.15) is 31.4 Å². The molecule has 3 heterocycles. The summed E-state index contributed by atoms with van der Waals surface area (Å²) in [5, 5.41) is 3.55. The summed E-state index contributed by atoms with van der Waals surface area (Å²) >= 11 is 3.28. The van der Waals surface area contributed by atoms with E-state index in [-0.39, 0.29) is 6.04 Å². The van der Waals surface area contributed by atoms with Crippen LogP contribution < -0.4 is 10.2 Å². The highest BCUT2D eigenvalue weighted by Gasteiger charge is 2.16. The summed E-state index contributed by atoms with van der Waals surface area (Å²) in [5.41, 5.74) is 3.36. The summed E-state index contributed by atoms with van der Waals surface area (Å²) in [5.74, 6) is 0.863. The third-order valence-corrected chi connectivity index (χ3v) is 6.58. The number of rotatable bonds is 5. The standard InChI is InChI=1S/C18H21N5S2/c1-12(13-6-5-7-14(10-13)23-8-3-4-9-23)21-16-15-17(20-11-19-16)22-18(24-2)25-15/h5-7,10-12H,3-4,8-9H2,1-2H3,(H,19,20,21). The lowest BCUT2D eigenvalue weighted by atomic mass is 10.1. The molecule has 1 aliphatic heterocycles. The number of aromatic nitrogens is 3. The van der Waals surface area contributed by atoms with Crippen molar-refractivity contribution in [2.75, 3.05) is 29.6 Å². The van der Waals surface area contributed by atoms with E-state index in [2.05, 4.69) is 56.4 Å². The largest absolute Gasteiger partial charge is 0.372 e. The molecule has 0 amide bonds. The van der Waals surface area contributed by atoms with Crippen molar-refractivity contribution in [2.24, 2.45) is 0 Å². The van der Waals surface area contributed by atoms with E-state index in [0.29, 0.717) is 0 Å². The molecule has 0 aliphatic carbocycles. The van der Waals surface area contributed by atoms with E-state index in [9.17, 15) is 0 Å². The van der Waals surface area contributed by atoms with E-state index in [1.54, 1.807) is 29.4 Å². The van der Waals surface area contributed by atoms with Gasteiger partial charge in [0.1, 0.15) is 16.8 Å². The molecule has 1 aromatic carbocycles. The lowest BCUT2D eigenvalue weighted by Gasteiger charge is -2.21. The van der Waals surface area contributed by atoms with Gasteiger partial charge in [0.05, 0.1) is 6.04 Å². The Balaban J connectivity index is 1.58. The van der Waals surface area contributed by atoms with Gasteiger partial charge < -0.3 is 10.2 Å². The van der Waals surface area contributed by atoms with Crippen molar-refractivity contribution >= 4 is 45.0 Å². The first-order valence-electron chi connectivity index (χ1n) is 8.51.